The van der Waals surface area contributed by atoms with Gasteiger partial charge in [-0.3, -0.25) is 4.79 Å². The molecule has 0 aromatic heterocycles. The van der Waals surface area contributed by atoms with Gasteiger partial charge in [0.05, 0.1) is 18.8 Å². The summed E-state index contributed by atoms with van der Waals surface area (Å²) in [5.41, 5.74) is -0.141. The largest absolute Gasteiger partial charge is 0.487 e. The van der Waals surface area contributed by atoms with Crippen LogP contribution in [0, 0.1) is 0 Å². The molecule has 1 aliphatic heterocycles. The Bertz CT molecular complexity index is 410. The van der Waals surface area contributed by atoms with Gasteiger partial charge >= 0.3 is 7.12 Å². The molecule has 0 atom stereocenters. The van der Waals surface area contributed by atoms with Crippen molar-refractivity contribution in [2.75, 3.05) is 26.3 Å². The Morgan fingerprint density at radius 2 is 1.95 bits per heavy atom. The molecular formula is C12H17BFNO4. The van der Waals surface area contributed by atoms with Crippen LogP contribution in [0.5, 0.6) is 0 Å². The van der Waals surface area contributed by atoms with Gasteiger partial charge in [0.25, 0.3) is 5.91 Å². The van der Waals surface area contributed by atoms with E-state index >= 15 is 0 Å². The van der Waals surface area contributed by atoms with Gasteiger partial charge in [0.2, 0.25) is 0 Å². The highest BCUT2D eigenvalue weighted by molar-refractivity contribution is 6.51. The lowest BCUT2D eigenvalue weighted by Crippen LogP contribution is -2.41. The highest BCUT2D eigenvalue weighted by Gasteiger charge is 2.21. The molecule has 2 N–H and O–H groups in total. The number of allylic oxidation sites excluding steroid dienone is 3. The second-order valence-corrected chi connectivity index (χ2v) is 4.13. The fraction of sp³-hybridized carbons (Fsp3) is 0.417. The van der Waals surface area contributed by atoms with Crippen LogP contribution in [-0.2, 0) is 9.53 Å². The van der Waals surface area contributed by atoms with Crippen LogP contribution in [0.25, 0.3) is 0 Å². The zero-order chi connectivity index (χ0) is 14.4. The minimum atomic E-state index is -1.73. The first-order chi connectivity index (χ1) is 8.93. The minimum Gasteiger partial charge on any atom is -0.423 e. The van der Waals surface area contributed by atoms with Gasteiger partial charge in [-0.25, -0.2) is 4.39 Å². The number of halogens is 1. The molecule has 1 fully saturated rings. The van der Waals surface area contributed by atoms with E-state index in [-0.39, 0.29) is 11.0 Å². The number of amides is 1. The van der Waals surface area contributed by atoms with Gasteiger partial charge in [-0.2, -0.15) is 0 Å². The standard InChI is InChI=1S/C12H17BFNO4/c1-9(13(17)18)3-4-11(10(2)14)12(16)15-5-7-19-8-6-15/h3-4,17-18H,1,5-8H2,2H3/b4-3-,11-10-. The number of ether oxygens (including phenoxy) is 1. The summed E-state index contributed by atoms with van der Waals surface area (Å²) in [5, 5.41) is 17.7. The first kappa shape index (κ1) is 15.6. The number of hydrogen-bond donors (Lipinski definition) is 2. The molecule has 1 heterocycles. The van der Waals surface area contributed by atoms with Crippen molar-refractivity contribution in [1.82, 2.24) is 4.90 Å². The van der Waals surface area contributed by atoms with Gasteiger partial charge < -0.3 is 19.7 Å². The van der Waals surface area contributed by atoms with Crippen molar-refractivity contribution in [3.63, 3.8) is 0 Å². The summed E-state index contributed by atoms with van der Waals surface area (Å²) in [5.74, 6) is -1.08. The van der Waals surface area contributed by atoms with Crippen molar-refractivity contribution < 1.29 is 24.0 Å². The Morgan fingerprint density at radius 1 is 1.37 bits per heavy atom. The summed E-state index contributed by atoms with van der Waals surface area (Å²) in [7, 11) is -1.73. The van der Waals surface area contributed by atoms with Gasteiger partial charge in [0.15, 0.2) is 0 Å². The average Bonchev–Trinajstić information content (AvgIpc) is 2.38. The van der Waals surface area contributed by atoms with Crippen LogP contribution in [-0.4, -0.2) is 54.3 Å². The number of hydrogen-bond acceptors (Lipinski definition) is 4. The van der Waals surface area contributed by atoms with Gasteiger partial charge in [0, 0.05) is 13.1 Å². The van der Waals surface area contributed by atoms with E-state index in [2.05, 4.69) is 6.58 Å². The van der Waals surface area contributed by atoms with Crippen LogP contribution < -0.4 is 0 Å². The van der Waals surface area contributed by atoms with E-state index < -0.39 is 18.9 Å². The van der Waals surface area contributed by atoms with Crippen LogP contribution in [0.15, 0.2) is 35.6 Å². The Balaban J connectivity index is 2.81. The molecule has 5 nitrogen and oxygen atoms in total. The second kappa shape index (κ2) is 7.23. The smallest absolute Gasteiger partial charge is 0.423 e. The molecule has 0 spiro atoms. The van der Waals surface area contributed by atoms with E-state index in [4.69, 9.17) is 14.8 Å². The molecule has 104 valence electrons. The Labute approximate surface area is 111 Å². The van der Waals surface area contributed by atoms with E-state index in [9.17, 15) is 9.18 Å². The first-order valence-corrected chi connectivity index (χ1v) is 5.90. The Morgan fingerprint density at radius 3 is 2.42 bits per heavy atom. The van der Waals surface area contributed by atoms with Crippen LogP contribution >= 0.6 is 0 Å². The lowest BCUT2D eigenvalue weighted by molar-refractivity contribution is -0.130. The summed E-state index contributed by atoms with van der Waals surface area (Å²) in [6.07, 6.45) is 2.41. The van der Waals surface area contributed by atoms with Gasteiger partial charge in [-0.05, 0) is 18.5 Å². The predicted molar refractivity (Wildman–Crippen MR) is 69.7 cm³/mol. The van der Waals surface area contributed by atoms with Crippen molar-refractivity contribution in [2.24, 2.45) is 0 Å². The number of morpholine rings is 1. The van der Waals surface area contributed by atoms with E-state index in [0.717, 1.165) is 0 Å². The maximum Gasteiger partial charge on any atom is 0.487 e. The van der Waals surface area contributed by atoms with Crippen LogP contribution in [0.4, 0.5) is 4.39 Å². The molecule has 1 aliphatic rings. The zero-order valence-electron chi connectivity index (χ0n) is 10.8. The molecule has 0 saturated carbocycles. The third-order valence-electron chi connectivity index (χ3n) is 2.70. The molecule has 0 aliphatic carbocycles. The normalized spacial score (nSPS) is 17.4. The third-order valence-corrected chi connectivity index (χ3v) is 2.70. The van der Waals surface area contributed by atoms with E-state index in [1.54, 1.807) is 0 Å². The SMILES string of the molecule is C=C(/C=C\C(C(=O)N1CCOCC1)=C(/C)F)B(O)O. The molecule has 0 radical (unpaired) electrons. The molecular weight excluding hydrogens is 252 g/mol. The van der Waals surface area contributed by atoms with Crippen LogP contribution in [0.1, 0.15) is 6.92 Å². The van der Waals surface area contributed by atoms with E-state index in [1.807, 2.05) is 0 Å². The molecule has 1 rings (SSSR count). The van der Waals surface area contributed by atoms with Crippen LogP contribution in [0.2, 0.25) is 0 Å². The maximum atomic E-state index is 13.4. The van der Waals surface area contributed by atoms with Crippen molar-refractivity contribution in [3.8, 4) is 0 Å². The lowest BCUT2D eigenvalue weighted by Gasteiger charge is -2.27. The molecule has 0 bridgehead atoms. The second-order valence-electron chi connectivity index (χ2n) is 4.13. The first-order valence-electron chi connectivity index (χ1n) is 5.90. The number of carbonyl (C=O) groups excluding carboxylic acids is 1. The Hall–Kier alpha value is -1.44. The summed E-state index contributed by atoms with van der Waals surface area (Å²) >= 11 is 0. The highest BCUT2D eigenvalue weighted by Crippen LogP contribution is 2.14. The monoisotopic (exact) mass is 269 g/mol. The fourth-order valence-electron chi connectivity index (χ4n) is 1.55. The van der Waals surface area contributed by atoms with Crippen molar-refractivity contribution >= 4 is 13.0 Å². The summed E-state index contributed by atoms with van der Waals surface area (Å²) in [4.78, 5) is 13.6. The number of nitrogens with zero attached hydrogens (tertiary/aromatic N) is 1. The molecule has 0 unspecified atom stereocenters. The van der Waals surface area contributed by atoms with E-state index in [0.29, 0.717) is 26.3 Å². The molecule has 1 saturated heterocycles. The van der Waals surface area contributed by atoms with Crippen molar-refractivity contribution in [1.29, 1.82) is 0 Å². The molecule has 7 heteroatoms. The predicted octanol–water partition coefficient (Wildman–Crippen LogP) is 0.213. The van der Waals surface area contributed by atoms with E-state index in [1.165, 1.54) is 24.0 Å². The number of carbonyl (C=O) groups is 1. The van der Waals surface area contributed by atoms with Gasteiger partial charge in [-0.15, -0.1) is 0 Å². The number of rotatable bonds is 4. The molecule has 1 amide bonds. The van der Waals surface area contributed by atoms with Crippen molar-refractivity contribution in [3.05, 3.63) is 35.6 Å². The molecule has 0 aromatic rings. The summed E-state index contributed by atoms with van der Waals surface area (Å²) in [6.45, 7) is 6.23. The Kier molecular flexibility index (Phi) is 5.94. The third kappa shape index (κ3) is 4.62. The summed E-state index contributed by atoms with van der Waals surface area (Å²) < 4.78 is 18.5. The average molecular weight is 269 g/mol. The van der Waals surface area contributed by atoms with Gasteiger partial charge in [-0.1, -0.05) is 12.7 Å². The van der Waals surface area contributed by atoms with Gasteiger partial charge in [0.1, 0.15) is 5.83 Å². The van der Waals surface area contributed by atoms with Crippen LogP contribution in [0.3, 0.4) is 0 Å². The topological polar surface area (TPSA) is 70.0 Å². The highest BCUT2D eigenvalue weighted by atomic mass is 19.1. The lowest BCUT2D eigenvalue weighted by atomic mass is 9.80. The fourth-order valence-corrected chi connectivity index (χ4v) is 1.55. The maximum absolute atomic E-state index is 13.4. The minimum absolute atomic E-state index is 0.0199. The van der Waals surface area contributed by atoms with Crippen molar-refractivity contribution in [2.45, 2.75) is 6.92 Å². The zero-order valence-corrected chi connectivity index (χ0v) is 10.8. The quantitative estimate of drug-likeness (QED) is 0.435. The molecule has 0 aromatic carbocycles. The molecule has 19 heavy (non-hydrogen) atoms. The summed E-state index contributed by atoms with van der Waals surface area (Å²) in [6, 6.07) is 0.